The second kappa shape index (κ2) is 5.35. The van der Waals surface area contributed by atoms with Crippen molar-refractivity contribution in [3.05, 3.63) is 0 Å². The molecule has 0 saturated carbocycles. The van der Waals surface area contributed by atoms with Gasteiger partial charge >= 0.3 is 0 Å². The molecule has 1 rings (SSSR count). The van der Waals surface area contributed by atoms with E-state index in [4.69, 9.17) is 0 Å². The third kappa shape index (κ3) is 3.29. The molecular weight excluding hydrogens is 176 g/mol. The van der Waals surface area contributed by atoms with Crippen molar-refractivity contribution in [1.29, 1.82) is 0 Å². The van der Waals surface area contributed by atoms with Gasteiger partial charge in [0.25, 0.3) is 0 Å². The minimum atomic E-state index is 0.566. The first kappa shape index (κ1) is 11.5. The van der Waals surface area contributed by atoms with E-state index in [0.29, 0.717) is 12.0 Å². The Kier molecular flexibility index (Phi) is 4.39. The lowest BCUT2D eigenvalue weighted by Crippen LogP contribution is -2.46. The molecule has 1 amide bonds. The van der Waals surface area contributed by atoms with Gasteiger partial charge in [-0.15, -0.1) is 0 Å². The fraction of sp³-hybridized carbons (Fsp3) is 0.909. The zero-order valence-electron chi connectivity index (χ0n) is 9.57. The average molecular weight is 198 g/mol. The Morgan fingerprint density at radius 1 is 1.57 bits per heavy atom. The van der Waals surface area contributed by atoms with Crippen molar-refractivity contribution in [1.82, 2.24) is 9.80 Å². The third-order valence-electron chi connectivity index (χ3n) is 2.85. The number of piperidine rings is 1. The molecule has 82 valence electrons. The minimum Gasteiger partial charge on any atom is -0.344 e. The quantitative estimate of drug-likeness (QED) is 0.634. The van der Waals surface area contributed by atoms with E-state index in [9.17, 15) is 4.79 Å². The summed E-state index contributed by atoms with van der Waals surface area (Å²) < 4.78 is 0. The predicted molar refractivity (Wildman–Crippen MR) is 58.1 cm³/mol. The van der Waals surface area contributed by atoms with Crippen LogP contribution in [0.25, 0.3) is 0 Å². The van der Waals surface area contributed by atoms with Crippen LogP contribution in [-0.2, 0) is 4.79 Å². The van der Waals surface area contributed by atoms with Crippen LogP contribution in [-0.4, -0.2) is 48.9 Å². The van der Waals surface area contributed by atoms with Gasteiger partial charge in [-0.2, -0.15) is 0 Å². The van der Waals surface area contributed by atoms with Crippen LogP contribution >= 0.6 is 0 Å². The maximum Gasteiger partial charge on any atom is 0.209 e. The summed E-state index contributed by atoms with van der Waals surface area (Å²) in [6.45, 7) is 7.44. The third-order valence-corrected chi connectivity index (χ3v) is 2.85. The molecule has 0 N–H and O–H groups in total. The van der Waals surface area contributed by atoms with Gasteiger partial charge in [-0.25, -0.2) is 0 Å². The number of hydrogen-bond donors (Lipinski definition) is 0. The lowest BCUT2D eigenvalue weighted by Gasteiger charge is -2.36. The average Bonchev–Trinajstić information content (AvgIpc) is 2.17. The Labute approximate surface area is 87.1 Å². The van der Waals surface area contributed by atoms with Gasteiger partial charge in [0.1, 0.15) is 0 Å². The largest absolute Gasteiger partial charge is 0.344 e. The summed E-state index contributed by atoms with van der Waals surface area (Å²) in [4.78, 5) is 14.9. The Balaban J connectivity index is 2.38. The van der Waals surface area contributed by atoms with Gasteiger partial charge in [-0.05, 0) is 25.8 Å². The van der Waals surface area contributed by atoms with Gasteiger partial charge in [0, 0.05) is 25.7 Å². The summed E-state index contributed by atoms with van der Waals surface area (Å²) in [7, 11) is 2.17. The summed E-state index contributed by atoms with van der Waals surface area (Å²) in [5.41, 5.74) is 0. The topological polar surface area (TPSA) is 23.6 Å². The Bertz CT molecular complexity index is 182. The number of amides is 1. The molecule has 0 aliphatic carbocycles. The first-order valence-electron chi connectivity index (χ1n) is 5.53. The standard InChI is InChI=1S/C11H22N2O/c1-10(2)7-12(3)11-5-4-6-13(8-11)9-14/h9-11H,4-8H2,1-3H3. The van der Waals surface area contributed by atoms with Gasteiger partial charge in [0.05, 0.1) is 0 Å². The second-order valence-corrected chi connectivity index (χ2v) is 4.73. The van der Waals surface area contributed by atoms with Crippen LogP contribution in [0.3, 0.4) is 0 Å². The van der Waals surface area contributed by atoms with Crippen molar-refractivity contribution >= 4 is 6.41 Å². The molecule has 1 atom stereocenters. The van der Waals surface area contributed by atoms with Crippen molar-refractivity contribution in [2.45, 2.75) is 32.7 Å². The molecule has 1 saturated heterocycles. The van der Waals surface area contributed by atoms with E-state index in [1.165, 1.54) is 6.42 Å². The van der Waals surface area contributed by atoms with E-state index >= 15 is 0 Å². The van der Waals surface area contributed by atoms with E-state index in [2.05, 4.69) is 25.8 Å². The van der Waals surface area contributed by atoms with E-state index in [-0.39, 0.29) is 0 Å². The van der Waals surface area contributed by atoms with E-state index in [0.717, 1.165) is 32.5 Å². The fourth-order valence-corrected chi connectivity index (χ4v) is 2.16. The second-order valence-electron chi connectivity index (χ2n) is 4.73. The zero-order chi connectivity index (χ0) is 10.6. The Morgan fingerprint density at radius 2 is 2.29 bits per heavy atom. The molecule has 1 aliphatic rings. The van der Waals surface area contributed by atoms with Crippen molar-refractivity contribution in [2.24, 2.45) is 5.92 Å². The molecule has 1 heterocycles. The molecule has 14 heavy (non-hydrogen) atoms. The van der Waals surface area contributed by atoms with E-state index in [1.54, 1.807) is 0 Å². The molecule has 0 spiro atoms. The highest BCUT2D eigenvalue weighted by Crippen LogP contribution is 2.14. The Morgan fingerprint density at radius 3 is 2.86 bits per heavy atom. The molecule has 3 nitrogen and oxygen atoms in total. The first-order valence-corrected chi connectivity index (χ1v) is 5.53. The summed E-state index contributed by atoms with van der Waals surface area (Å²) in [5, 5.41) is 0. The van der Waals surface area contributed by atoms with Gasteiger partial charge in [0.2, 0.25) is 6.41 Å². The van der Waals surface area contributed by atoms with Crippen LogP contribution in [0.2, 0.25) is 0 Å². The first-order chi connectivity index (χ1) is 6.63. The SMILES string of the molecule is CC(C)CN(C)C1CCCN(C=O)C1. The van der Waals surface area contributed by atoms with Crippen LogP contribution < -0.4 is 0 Å². The molecule has 1 fully saturated rings. The summed E-state index contributed by atoms with van der Waals surface area (Å²) in [6.07, 6.45) is 3.36. The number of rotatable bonds is 4. The molecule has 0 aromatic rings. The van der Waals surface area contributed by atoms with Gasteiger partial charge in [-0.3, -0.25) is 4.79 Å². The number of carbonyl (C=O) groups excluding carboxylic acids is 1. The van der Waals surface area contributed by atoms with Crippen LogP contribution in [0.15, 0.2) is 0 Å². The van der Waals surface area contributed by atoms with Crippen LogP contribution in [0.5, 0.6) is 0 Å². The minimum absolute atomic E-state index is 0.566. The highest BCUT2D eigenvalue weighted by atomic mass is 16.1. The molecule has 1 aliphatic heterocycles. The molecule has 0 aromatic heterocycles. The number of nitrogens with zero attached hydrogens (tertiary/aromatic N) is 2. The number of hydrogen-bond acceptors (Lipinski definition) is 2. The number of likely N-dealkylation sites (tertiary alicyclic amines) is 1. The highest BCUT2D eigenvalue weighted by Gasteiger charge is 2.22. The monoisotopic (exact) mass is 198 g/mol. The van der Waals surface area contributed by atoms with Crippen LogP contribution in [0.1, 0.15) is 26.7 Å². The van der Waals surface area contributed by atoms with Crippen molar-refractivity contribution in [3.8, 4) is 0 Å². The molecule has 3 heteroatoms. The van der Waals surface area contributed by atoms with Gasteiger partial charge in [-0.1, -0.05) is 13.8 Å². The molecule has 0 radical (unpaired) electrons. The Hall–Kier alpha value is -0.570. The predicted octanol–water partition coefficient (Wildman–Crippen LogP) is 1.19. The fourth-order valence-electron chi connectivity index (χ4n) is 2.16. The van der Waals surface area contributed by atoms with E-state index < -0.39 is 0 Å². The molecule has 0 aromatic carbocycles. The lowest BCUT2D eigenvalue weighted by atomic mass is 10.0. The lowest BCUT2D eigenvalue weighted by molar-refractivity contribution is -0.120. The smallest absolute Gasteiger partial charge is 0.209 e. The van der Waals surface area contributed by atoms with Crippen molar-refractivity contribution in [2.75, 3.05) is 26.7 Å². The van der Waals surface area contributed by atoms with E-state index in [1.807, 2.05) is 4.90 Å². The molecule has 0 bridgehead atoms. The van der Waals surface area contributed by atoms with Crippen LogP contribution in [0.4, 0.5) is 0 Å². The molecular formula is C11H22N2O. The molecule has 1 unspecified atom stereocenters. The van der Waals surface area contributed by atoms with Crippen molar-refractivity contribution < 1.29 is 4.79 Å². The normalized spacial score (nSPS) is 23.2. The summed E-state index contributed by atoms with van der Waals surface area (Å²) in [6, 6.07) is 0.566. The summed E-state index contributed by atoms with van der Waals surface area (Å²) >= 11 is 0. The highest BCUT2D eigenvalue weighted by molar-refractivity contribution is 5.47. The van der Waals surface area contributed by atoms with Crippen LogP contribution in [0, 0.1) is 5.92 Å². The number of carbonyl (C=O) groups is 1. The van der Waals surface area contributed by atoms with Crippen molar-refractivity contribution in [3.63, 3.8) is 0 Å². The zero-order valence-corrected chi connectivity index (χ0v) is 9.57. The number of likely N-dealkylation sites (N-methyl/N-ethyl adjacent to an activating group) is 1. The maximum atomic E-state index is 10.7. The summed E-state index contributed by atoms with van der Waals surface area (Å²) in [5.74, 6) is 0.701. The van der Waals surface area contributed by atoms with Gasteiger partial charge < -0.3 is 9.80 Å². The van der Waals surface area contributed by atoms with Gasteiger partial charge in [0.15, 0.2) is 0 Å². The maximum absolute atomic E-state index is 10.7.